The van der Waals surface area contributed by atoms with Gasteiger partial charge in [0.2, 0.25) is 5.91 Å². The van der Waals surface area contributed by atoms with E-state index in [1.54, 1.807) is 13.8 Å². The maximum absolute atomic E-state index is 12.5. The van der Waals surface area contributed by atoms with Gasteiger partial charge in [0, 0.05) is 18.2 Å². The summed E-state index contributed by atoms with van der Waals surface area (Å²) in [6, 6.07) is 2.89. The Hall–Kier alpha value is -1.56. The van der Waals surface area contributed by atoms with Crippen molar-refractivity contribution in [3.05, 3.63) is 29.3 Å². The predicted octanol–water partition coefficient (Wildman–Crippen LogP) is 2.69. The van der Waals surface area contributed by atoms with Crippen LogP contribution < -0.4 is 11.1 Å². The average molecular weight is 260 g/mol. The van der Waals surface area contributed by atoms with Crippen LogP contribution >= 0.6 is 0 Å². The largest absolute Gasteiger partial charge is 0.416 e. The molecule has 1 atom stereocenters. The van der Waals surface area contributed by atoms with Crippen LogP contribution in [0.3, 0.4) is 0 Å². The lowest BCUT2D eigenvalue weighted by molar-refractivity contribution is -0.137. The van der Waals surface area contributed by atoms with E-state index in [0.29, 0.717) is 5.56 Å². The van der Waals surface area contributed by atoms with E-state index in [4.69, 9.17) is 5.73 Å². The van der Waals surface area contributed by atoms with Crippen LogP contribution in [0.15, 0.2) is 18.2 Å². The second-order valence-electron chi connectivity index (χ2n) is 4.26. The van der Waals surface area contributed by atoms with Gasteiger partial charge in [-0.25, -0.2) is 0 Å². The normalized spacial score (nSPS) is 13.2. The summed E-state index contributed by atoms with van der Waals surface area (Å²) in [5.41, 5.74) is 5.39. The molecule has 0 aromatic heterocycles. The lowest BCUT2D eigenvalue weighted by Gasteiger charge is -2.13. The molecular formula is C12H15F3N2O. The smallest absolute Gasteiger partial charge is 0.327 e. The Morgan fingerprint density at radius 3 is 2.56 bits per heavy atom. The fourth-order valence-corrected chi connectivity index (χ4v) is 1.43. The Balaban J connectivity index is 2.92. The summed E-state index contributed by atoms with van der Waals surface area (Å²) in [6.07, 6.45) is -4.36. The van der Waals surface area contributed by atoms with E-state index in [2.05, 4.69) is 5.32 Å². The lowest BCUT2D eigenvalue weighted by Crippen LogP contribution is -2.24. The molecule has 0 aliphatic carbocycles. The number of hydrogen-bond donors (Lipinski definition) is 2. The van der Waals surface area contributed by atoms with Crippen LogP contribution in [0.5, 0.6) is 0 Å². The van der Waals surface area contributed by atoms with Crippen LogP contribution in [-0.2, 0) is 11.0 Å². The van der Waals surface area contributed by atoms with E-state index >= 15 is 0 Å². The van der Waals surface area contributed by atoms with Crippen molar-refractivity contribution in [2.75, 3.05) is 5.32 Å². The van der Waals surface area contributed by atoms with Gasteiger partial charge in [-0.15, -0.1) is 0 Å². The fraction of sp³-hybridized carbons (Fsp3) is 0.417. The molecule has 1 amide bonds. The molecule has 0 spiro atoms. The molecule has 0 heterocycles. The van der Waals surface area contributed by atoms with Crippen LogP contribution in [0.2, 0.25) is 0 Å². The molecule has 3 N–H and O–H groups in total. The highest BCUT2D eigenvalue weighted by atomic mass is 19.4. The molecule has 0 bridgehead atoms. The van der Waals surface area contributed by atoms with E-state index in [0.717, 1.165) is 12.1 Å². The van der Waals surface area contributed by atoms with Gasteiger partial charge in [0.1, 0.15) is 0 Å². The van der Waals surface area contributed by atoms with Gasteiger partial charge in [-0.3, -0.25) is 4.79 Å². The molecule has 18 heavy (non-hydrogen) atoms. The first-order valence-electron chi connectivity index (χ1n) is 5.43. The molecule has 100 valence electrons. The zero-order valence-electron chi connectivity index (χ0n) is 10.1. The van der Waals surface area contributed by atoms with Gasteiger partial charge < -0.3 is 11.1 Å². The summed E-state index contributed by atoms with van der Waals surface area (Å²) in [5.74, 6) is -0.396. The van der Waals surface area contributed by atoms with Crippen LogP contribution in [0, 0.1) is 6.92 Å². The maximum atomic E-state index is 12.5. The third-order valence-electron chi connectivity index (χ3n) is 2.35. The predicted molar refractivity (Wildman–Crippen MR) is 63.1 cm³/mol. The molecule has 3 nitrogen and oxygen atoms in total. The van der Waals surface area contributed by atoms with Gasteiger partial charge in [0.05, 0.1) is 5.56 Å². The highest BCUT2D eigenvalue weighted by molar-refractivity contribution is 5.91. The van der Waals surface area contributed by atoms with Crippen molar-refractivity contribution < 1.29 is 18.0 Å². The Labute approximate surface area is 103 Å². The standard InChI is InChI=1S/C12H15F3N2O/c1-7-3-4-9(12(13,14)15)6-10(7)17-11(18)5-8(2)16/h3-4,6,8H,5,16H2,1-2H3,(H,17,18). The first-order chi connectivity index (χ1) is 8.20. The number of halogens is 3. The Morgan fingerprint density at radius 1 is 1.44 bits per heavy atom. The number of nitrogens with one attached hydrogen (secondary N) is 1. The summed E-state index contributed by atoms with van der Waals surface area (Å²) in [7, 11) is 0. The number of alkyl halides is 3. The van der Waals surface area contributed by atoms with E-state index in [-0.39, 0.29) is 18.2 Å². The van der Waals surface area contributed by atoms with Crippen molar-refractivity contribution >= 4 is 11.6 Å². The number of benzene rings is 1. The van der Waals surface area contributed by atoms with Crippen molar-refractivity contribution in [3.8, 4) is 0 Å². The Kier molecular flexibility index (Phi) is 4.34. The molecule has 0 aliphatic heterocycles. The average Bonchev–Trinajstić information content (AvgIpc) is 2.18. The zero-order valence-corrected chi connectivity index (χ0v) is 10.1. The first kappa shape index (κ1) is 14.5. The van der Waals surface area contributed by atoms with Crippen LogP contribution in [0.25, 0.3) is 0 Å². The third-order valence-corrected chi connectivity index (χ3v) is 2.35. The summed E-state index contributed by atoms with van der Waals surface area (Å²) >= 11 is 0. The molecule has 1 aromatic rings. The van der Waals surface area contributed by atoms with Crippen LogP contribution in [0.1, 0.15) is 24.5 Å². The monoisotopic (exact) mass is 260 g/mol. The number of carbonyl (C=O) groups excluding carboxylic acids is 1. The second-order valence-corrected chi connectivity index (χ2v) is 4.26. The molecular weight excluding hydrogens is 245 g/mol. The number of hydrogen-bond acceptors (Lipinski definition) is 2. The molecule has 1 unspecified atom stereocenters. The quantitative estimate of drug-likeness (QED) is 0.877. The second kappa shape index (κ2) is 5.39. The maximum Gasteiger partial charge on any atom is 0.416 e. The SMILES string of the molecule is Cc1ccc(C(F)(F)F)cc1NC(=O)CC(C)N. The summed E-state index contributed by atoms with van der Waals surface area (Å²) < 4.78 is 37.5. The number of nitrogens with two attached hydrogens (primary N) is 1. The molecule has 1 rings (SSSR count). The van der Waals surface area contributed by atoms with Gasteiger partial charge in [-0.1, -0.05) is 6.07 Å². The highest BCUT2D eigenvalue weighted by Gasteiger charge is 2.30. The topological polar surface area (TPSA) is 55.1 Å². The van der Waals surface area contributed by atoms with Crippen LogP contribution in [0.4, 0.5) is 18.9 Å². The Morgan fingerprint density at radius 2 is 2.06 bits per heavy atom. The third kappa shape index (κ3) is 4.03. The molecule has 1 aromatic carbocycles. The van der Waals surface area contributed by atoms with Crippen molar-refractivity contribution in [2.24, 2.45) is 5.73 Å². The van der Waals surface area contributed by atoms with Gasteiger partial charge in [-0.2, -0.15) is 13.2 Å². The fourth-order valence-electron chi connectivity index (χ4n) is 1.43. The number of aryl methyl sites for hydroxylation is 1. The Bertz CT molecular complexity index is 441. The minimum absolute atomic E-state index is 0.0652. The molecule has 6 heteroatoms. The van der Waals surface area contributed by atoms with E-state index in [1.807, 2.05) is 0 Å². The van der Waals surface area contributed by atoms with Crippen LogP contribution in [-0.4, -0.2) is 11.9 Å². The van der Waals surface area contributed by atoms with Crippen molar-refractivity contribution in [1.29, 1.82) is 0 Å². The minimum Gasteiger partial charge on any atom is -0.327 e. The number of carbonyl (C=O) groups is 1. The number of anilines is 1. The summed E-state index contributed by atoms with van der Waals surface area (Å²) in [4.78, 5) is 11.5. The van der Waals surface area contributed by atoms with Gasteiger partial charge in [0.25, 0.3) is 0 Å². The molecule has 0 radical (unpaired) electrons. The highest BCUT2D eigenvalue weighted by Crippen LogP contribution is 2.32. The van der Waals surface area contributed by atoms with E-state index < -0.39 is 17.6 Å². The first-order valence-corrected chi connectivity index (χ1v) is 5.43. The molecule has 0 aliphatic rings. The lowest BCUT2D eigenvalue weighted by atomic mass is 10.1. The van der Waals surface area contributed by atoms with Crippen molar-refractivity contribution in [1.82, 2.24) is 0 Å². The van der Waals surface area contributed by atoms with Gasteiger partial charge in [0.15, 0.2) is 0 Å². The minimum atomic E-state index is -4.42. The van der Waals surface area contributed by atoms with E-state index in [9.17, 15) is 18.0 Å². The molecule has 0 saturated heterocycles. The summed E-state index contributed by atoms with van der Waals surface area (Å²) in [6.45, 7) is 3.28. The van der Waals surface area contributed by atoms with Crippen molar-refractivity contribution in [2.45, 2.75) is 32.5 Å². The van der Waals surface area contributed by atoms with E-state index in [1.165, 1.54) is 6.07 Å². The summed E-state index contributed by atoms with van der Waals surface area (Å²) in [5, 5.41) is 2.44. The van der Waals surface area contributed by atoms with Gasteiger partial charge in [-0.05, 0) is 31.5 Å². The molecule has 0 fully saturated rings. The zero-order chi connectivity index (χ0) is 13.9. The molecule has 0 saturated carbocycles. The van der Waals surface area contributed by atoms with Gasteiger partial charge >= 0.3 is 6.18 Å². The van der Waals surface area contributed by atoms with Crippen molar-refractivity contribution in [3.63, 3.8) is 0 Å². The number of rotatable bonds is 3. The number of amides is 1.